The lowest BCUT2D eigenvalue weighted by Gasteiger charge is -2.25. The summed E-state index contributed by atoms with van der Waals surface area (Å²) in [5.74, 6) is -0.395. The molecule has 0 N–H and O–H groups in total. The van der Waals surface area contributed by atoms with Gasteiger partial charge in [-0.2, -0.15) is 18.3 Å². The summed E-state index contributed by atoms with van der Waals surface area (Å²) in [6.07, 6.45) is -1.54. The Morgan fingerprint density at radius 3 is 2.86 bits per heavy atom. The monoisotopic (exact) mass is 408 g/mol. The smallest absolute Gasteiger partial charge is 0.376 e. The number of hydrogen-bond donors (Lipinski definition) is 0. The zero-order valence-corrected chi connectivity index (χ0v) is 15.5. The van der Waals surface area contributed by atoms with Crippen LogP contribution < -0.4 is 5.56 Å². The summed E-state index contributed by atoms with van der Waals surface area (Å²) in [4.78, 5) is 30.1. The summed E-state index contributed by atoms with van der Waals surface area (Å²) in [5, 5.41) is 4.43. The Labute approximate surface area is 164 Å². The number of hydrogen-bond acceptors (Lipinski definition) is 5. The molecule has 10 heteroatoms. The van der Waals surface area contributed by atoms with E-state index in [1.807, 2.05) is 0 Å². The van der Waals surface area contributed by atoms with E-state index in [4.69, 9.17) is 4.74 Å². The molecular weight excluding hydrogens is 389 g/mol. The average Bonchev–Trinajstić information content (AvgIpc) is 3.15. The third-order valence-electron chi connectivity index (χ3n) is 5.23. The van der Waals surface area contributed by atoms with Crippen LogP contribution in [-0.4, -0.2) is 44.8 Å². The standard InChI is InChI=1S/C19H19F3N4O3/c20-19(21,22)16-4-3-12(9-23-16)18(28)25-6-1-2-14(25)10-26-17(27)8-13-11-29-7-5-15(13)24-26/h3-4,8-9,14H,1-2,5-7,10-11H2. The van der Waals surface area contributed by atoms with Crippen LogP contribution in [0.4, 0.5) is 13.2 Å². The molecule has 154 valence electrons. The van der Waals surface area contributed by atoms with Crippen molar-refractivity contribution in [1.82, 2.24) is 19.7 Å². The molecule has 7 nitrogen and oxygen atoms in total. The molecule has 0 aromatic carbocycles. The van der Waals surface area contributed by atoms with Crippen LogP contribution in [0.5, 0.6) is 0 Å². The number of carbonyl (C=O) groups excluding carboxylic acids is 1. The number of likely N-dealkylation sites (tertiary alicyclic amines) is 1. The fourth-order valence-electron chi connectivity index (χ4n) is 3.73. The number of aromatic nitrogens is 3. The van der Waals surface area contributed by atoms with Crippen molar-refractivity contribution >= 4 is 5.91 Å². The Morgan fingerprint density at radius 1 is 1.31 bits per heavy atom. The van der Waals surface area contributed by atoms with Gasteiger partial charge in [-0.1, -0.05) is 0 Å². The summed E-state index contributed by atoms with van der Waals surface area (Å²) >= 11 is 0. The van der Waals surface area contributed by atoms with Crippen LogP contribution in [-0.2, 0) is 30.5 Å². The van der Waals surface area contributed by atoms with Crippen LogP contribution in [0.15, 0.2) is 29.2 Å². The summed E-state index contributed by atoms with van der Waals surface area (Å²) in [6, 6.07) is 3.20. The van der Waals surface area contributed by atoms with Gasteiger partial charge < -0.3 is 9.64 Å². The Hall–Kier alpha value is -2.75. The van der Waals surface area contributed by atoms with Crippen LogP contribution in [0, 0.1) is 0 Å². The molecule has 0 radical (unpaired) electrons. The van der Waals surface area contributed by atoms with E-state index < -0.39 is 17.8 Å². The molecule has 1 atom stereocenters. The van der Waals surface area contributed by atoms with Gasteiger partial charge in [-0.25, -0.2) is 4.68 Å². The van der Waals surface area contributed by atoms with Gasteiger partial charge >= 0.3 is 6.18 Å². The molecule has 29 heavy (non-hydrogen) atoms. The van der Waals surface area contributed by atoms with E-state index in [1.54, 1.807) is 4.90 Å². The molecule has 0 aliphatic carbocycles. The molecule has 0 saturated carbocycles. The maximum atomic E-state index is 12.8. The zero-order valence-electron chi connectivity index (χ0n) is 15.5. The minimum atomic E-state index is -4.55. The van der Waals surface area contributed by atoms with Crippen molar-refractivity contribution < 1.29 is 22.7 Å². The molecule has 4 rings (SSSR count). The molecule has 1 fully saturated rings. The Balaban J connectivity index is 1.52. The van der Waals surface area contributed by atoms with Crippen molar-refractivity contribution in [2.75, 3.05) is 13.2 Å². The third kappa shape index (κ3) is 4.02. The number of carbonyl (C=O) groups is 1. The lowest BCUT2D eigenvalue weighted by molar-refractivity contribution is -0.141. The van der Waals surface area contributed by atoms with E-state index in [2.05, 4.69) is 10.1 Å². The van der Waals surface area contributed by atoms with E-state index in [0.29, 0.717) is 32.6 Å². The molecule has 4 heterocycles. The summed E-state index contributed by atoms with van der Waals surface area (Å²) in [7, 11) is 0. The highest BCUT2D eigenvalue weighted by atomic mass is 19.4. The number of alkyl halides is 3. The fourth-order valence-corrected chi connectivity index (χ4v) is 3.73. The Kier molecular flexibility index (Phi) is 5.12. The van der Waals surface area contributed by atoms with Gasteiger partial charge in [0.2, 0.25) is 0 Å². The molecular formula is C19H19F3N4O3. The van der Waals surface area contributed by atoms with Crippen molar-refractivity contribution in [2.24, 2.45) is 0 Å². The lowest BCUT2D eigenvalue weighted by atomic mass is 10.1. The van der Waals surface area contributed by atoms with E-state index >= 15 is 0 Å². The largest absolute Gasteiger partial charge is 0.433 e. The molecule has 0 spiro atoms. The number of pyridine rings is 1. The first-order valence-electron chi connectivity index (χ1n) is 9.35. The average molecular weight is 408 g/mol. The Morgan fingerprint density at radius 2 is 2.14 bits per heavy atom. The van der Waals surface area contributed by atoms with Crippen molar-refractivity contribution in [3.63, 3.8) is 0 Å². The molecule has 2 aliphatic rings. The molecule has 1 amide bonds. The van der Waals surface area contributed by atoms with Crippen molar-refractivity contribution in [3.8, 4) is 0 Å². The first-order chi connectivity index (χ1) is 13.8. The van der Waals surface area contributed by atoms with Crippen molar-refractivity contribution in [2.45, 2.75) is 44.6 Å². The first-order valence-corrected chi connectivity index (χ1v) is 9.35. The topological polar surface area (TPSA) is 77.3 Å². The summed E-state index contributed by atoms with van der Waals surface area (Å²) in [6.45, 7) is 1.63. The molecule has 1 unspecified atom stereocenters. The minimum Gasteiger partial charge on any atom is -0.376 e. The van der Waals surface area contributed by atoms with Gasteiger partial charge in [0.15, 0.2) is 0 Å². The molecule has 2 aliphatic heterocycles. The van der Waals surface area contributed by atoms with Crippen LogP contribution in [0.1, 0.15) is 40.2 Å². The zero-order chi connectivity index (χ0) is 20.6. The first kappa shape index (κ1) is 19.6. The minimum absolute atomic E-state index is 0.0906. The normalized spacial score (nSPS) is 19.3. The van der Waals surface area contributed by atoms with E-state index in [1.165, 1.54) is 10.7 Å². The quantitative estimate of drug-likeness (QED) is 0.777. The van der Waals surface area contributed by atoms with Gasteiger partial charge in [0.1, 0.15) is 5.69 Å². The van der Waals surface area contributed by atoms with E-state index in [-0.39, 0.29) is 23.7 Å². The second kappa shape index (κ2) is 7.58. The highest BCUT2D eigenvalue weighted by Crippen LogP contribution is 2.28. The van der Waals surface area contributed by atoms with Crippen LogP contribution in [0.25, 0.3) is 0 Å². The molecule has 2 aromatic rings. The van der Waals surface area contributed by atoms with Gasteiger partial charge in [-0.3, -0.25) is 14.6 Å². The maximum absolute atomic E-state index is 12.8. The number of nitrogens with zero attached hydrogens (tertiary/aromatic N) is 4. The van der Waals surface area contributed by atoms with Gasteiger partial charge in [0.25, 0.3) is 11.5 Å². The number of halogens is 3. The van der Waals surface area contributed by atoms with E-state index in [0.717, 1.165) is 36.0 Å². The number of amides is 1. The fraction of sp³-hybridized carbons (Fsp3) is 0.474. The number of fused-ring (bicyclic) bond motifs is 1. The predicted molar refractivity (Wildman–Crippen MR) is 95.2 cm³/mol. The second-order valence-corrected chi connectivity index (χ2v) is 7.16. The number of ether oxygens (including phenoxy) is 1. The van der Waals surface area contributed by atoms with E-state index in [9.17, 15) is 22.8 Å². The predicted octanol–water partition coefficient (Wildman–Crippen LogP) is 2.03. The maximum Gasteiger partial charge on any atom is 0.433 e. The van der Waals surface area contributed by atoms with Gasteiger partial charge in [-0.15, -0.1) is 0 Å². The second-order valence-electron chi connectivity index (χ2n) is 7.16. The summed E-state index contributed by atoms with van der Waals surface area (Å²) < 4.78 is 44.7. The third-order valence-corrected chi connectivity index (χ3v) is 5.23. The van der Waals surface area contributed by atoms with Crippen LogP contribution in [0.3, 0.4) is 0 Å². The van der Waals surface area contributed by atoms with Crippen LogP contribution in [0.2, 0.25) is 0 Å². The van der Waals surface area contributed by atoms with Crippen molar-refractivity contribution in [1.29, 1.82) is 0 Å². The number of rotatable bonds is 3. The SMILES string of the molecule is O=C(c1ccc(C(F)(F)F)nc1)N1CCCC1Cn1nc2c(cc1=O)COCC2. The highest BCUT2D eigenvalue weighted by molar-refractivity contribution is 5.94. The highest BCUT2D eigenvalue weighted by Gasteiger charge is 2.34. The molecule has 0 bridgehead atoms. The van der Waals surface area contributed by atoms with Gasteiger partial charge in [-0.05, 0) is 25.0 Å². The van der Waals surface area contributed by atoms with Gasteiger partial charge in [0, 0.05) is 30.8 Å². The molecule has 2 aromatic heterocycles. The Bertz CT molecular complexity index is 972. The summed E-state index contributed by atoms with van der Waals surface area (Å²) in [5.41, 5.74) is 0.393. The lowest BCUT2D eigenvalue weighted by Crippen LogP contribution is -2.41. The van der Waals surface area contributed by atoms with Gasteiger partial charge in [0.05, 0.1) is 37.1 Å². The molecule has 1 saturated heterocycles. The van der Waals surface area contributed by atoms with Crippen molar-refractivity contribution in [3.05, 3.63) is 57.3 Å². The van der Waals surface area contributed by atoms with Crippen LogP contribution >= 0.6 is 0 Å².